The Morgan fingerprint density at radius 2 is 1.76 bits per heavy atom. The van der Waals surface area contributed by atoms with Crippen molar-refractivity contribution in [2.24, 2.45) is 11.8 Å². The maximum Gasteiger partial charge on any atom is 0.225 e. The molecule has 2 aromatic rings. The lowest BCUT2D eigenvalue weighted by Crippen LogP contribution is -2.17. The van der Waals surface area contributed by atoms with Crippen LogP contribution in [0.3, 0.4) is 0 Å². The first-order valence-electron chi connectivity index (χ1n) is 9.12. The summed E-state index contributed by atoms with van der Waals surface area (Å²) in [6.07, 6.45) is 2.88. The van der Waals surface area contributed by atoms with E-state index in [1.165, 1.54) is 11.3 Å². The second kappa shape index (κ2) is 8.32. The molecule has 2 heterocycles. The normalized spacial score (nSPS) is 11.5. The van der Waals surface area contributed by atoms with Gasteiger partial charge < -0.3 is 5.32 Å². The first-order valence-corrected chi connectivity index (χ1v) is 9.12. The Morgan fingerprint density at radius 1 is 1.12 bits per heavy atom. The van der Waals surface area contributed by atoms with Crippen LogP contribution in [0, 0.1) is 25.7 Å². The molecule has 6 heteroatoms. The third kappa shape index (κ3) is 5.18. The number of aromatic nitrogens is 4. The molecule has 0 radical (unpaired) electrons. The molecule has 138 valence electrons. The number of aryl methyl sites for hydroxylation is 1. The average molecular weight is 345 g/mol. The largest absolute Gasteiger partial charge is 0.311 e. The van der Waals surface area contributed by atoms with E-state index in [2.05, 4.69) is 54.8 Å². The van der Waals surface area contributed by atoms with Crippen LogP contribution in [0.15, 0.2) is 12.3 Å². The lowest BCUT2D eigenvalue weighted by molar-refractivity contribution is -0.116. The monoisotopic (exact) mass is 345 g/mol. The van der Waals surface area contributed by atoms with Crippen molar-refractivity contribution in [2.45, 2.75) is 67.5 Å². The van der Waals surface area contributed by atoms with Gasteiger partial charge in [-0.1, -0.05) is 27.7 Å². The van der Waals surface area contributed by atoms with Crippen molar-refractivity contribution in [1.82, 2.24) is 19.6 Å². The van der Waals surface area contributed by atoms with Crippen LogP contribution in [0.1, 0.15) is 51.1 Å². The van der Waals surface area contributed by atoms with Crippen LogP contribution in [-0.4, -0.2) is 25.5 Å². The maximum absolute atomic E-state index is 12.3. The van der Waals surface area contributed by atoms with Crippen molar-refractivity contribution in [3.05, 3.63) is 29.2 Å². The minimum atomic E-state index is 0.0147. The van der Waals surface area contributed by atoms with E-state index in [0.717, 1.165) is 24.6 Å². The summed E-state index contributed by atoms with van der Waals surface area (Å²) in [5, 5.41) is 11.9. The highest BCUT2D eigenvalue weighted by Crippen LogP contribution is 2.17. The molecule has 0 spiro atoms. The zero-order valence-electron chi connectivity index (χ0n) is 16.3. The lowest BCUT2D eigenvalue weighted by Gasteiger charge is -2.11. The lowest BCUT2D eigenvalue weighted by atomic mass is 10.1. The number of anilines is 1. The van der Waals surface area contributed by atoms with Crippen molar-refractivity contribution in [1.29, 1.82) is 0 Å². The molecule has 1 amide bonds. The van der Waals surface area contributed by atoms with Gasteiger partial charge in [-0.25, -0.2) is 4.68 Å². The van der Waals surface area contributed by atoms with E-state index in [9.17, 15) is 4.79 Å². The van der Waals surface area contributed by atoms with Gasteiger partial charge in [0.05, 0.1) is 11.9 Å². The topological polar surface area (TPSA) is 64.7 Å². The van der Waals surface area contributed by atoms with Gasteiger partial charge in [0.1, 0.15) is 5.82 Å². The second-order valence-electron chi connectivity index (χ2n) is 7.57. The van der Waals surface area contributed by atoms with Crippen LogP contribution in [0.5, 0.6) is 0 Å². The highest BCUT2D eigenvalue weighted by Gasteiger charge is 2.15. The molecule has 0 aliphatic rings. The molecule has 0 aliphatic carbocycles. The number of hydrogen-bond donors (Lipinski definition) is 1. The summed E-state index contributed by atoms with van der Waals surface area (Å²) in [5.74, 6) is 1.81. The number of nitrogens with zero attached hydrogens (tertiary/aromatic N) is 4. The summed E-state index contributed by atoms with van der Waals surface area (Å²) in [5.41, 5.74) is 3.38. The molecule has 0 fully saturated rings. The van der Waals surface area contributed by atoms with Gasteiger partial charge >= 0.3 is 0 Å². The Bertz CT molecular complexity index is 711. The number of rotatable bonds is 8. The van der Waals surface area contributed by atoms with Crippen LogP contribution >= 0.6 is 0 Å². The summed E-state index contributed by atoms with van der Waals surface area (Å²) >= 11 is 0. The number of nitrogens with one attached hydrogen (secondary N) is 1. The van der Waals surface area contributed by atoms with E-state index in [1.807, 2.05) is 17.7 Å². The Labute approximate surface area is 150 Å². The SMILES string of the molecule is Cc1nn(CC(C)C)c(C)c1CCC(=O)Nc1ccnn1CC(C)C. The van der Waals surface area contributed by atoms with Gasteiger partial charge in [0.15, 0.2) is 0 Å². The molecule has 2 aromatic heterocycles. The number of carbonyl (C=O) groups is 1. The highest BCUT2D eigenvalue weighted by atomic mass is 16.1. The van der Waals surface area contributed by atoms with Gasteiger partial charge in [-0.2, -0.15) is 10.2 Å². The van der Waals surface area contributed by atoms with Crippen molar-refractivity contribution in [2.75, 3.05) is 5.32 Å². The summed E-state index contributed by atoms with van der Waals surface area (Å²) in [6, 6.07) is 1.84. The fraction of sp³-hybridized carbons (Fsp3) is 0.632. The zero-order valence-corrected chi connectivity index (χ0v) is 16.3. The first-order chi connectivity index (χ1) is 11.8. The van der Waals surface area contributed by atoms with E-state index < -0.39 is 0 Å². The van der Waals surface area contributed by atoms with Crippen molar-refractivity contribution < 1.29 is 4.79 Å². The fourth-order valence-corrected chi connectivity index (χ4v) is 2.99. The van der Waals surface area contributed by atoms with Crippen molar-refractivity contribution in [3.8, 4) is 0 Å². The average Bonchev–Trinajstić information content (AvgIpc) is 3.02. The van der Waals surface area contributed by atoms with Crippen molar-refractivity contribution in [3.63, 3.8) is 0 Å². The van der Waals surface area contributed by atoms with Crippen molar-refractivity contribution >= 4 is 11.7 Å². The van der Waals surface area contributed by atoms with Gasteiger partial charge in [0, 0.05) is 31.3 Å². The molecule has 0 aliphatic heterocycles. The van der Waals surface area contributed by atoms with Crippen LogP contribution in [0.4, 0.5) is 5.82 Å². The van der Waals surface area contributed by atoms with Gasteiger partial charge in [-0.3, -0.25) is 9.48 Å². The van der Waals surface area contributed by atoms with E-state index >= 15 is 0 Å². The molecular formula is C19H31N5O. The molecule has 0 saturated carbocycles. The minimum Gasteiger partial charge on any atom is -0.311 e. The third-order valence-electron chi connectivity index (χ3n) is 4.19. The fourth-order valence-electron chi connectivity index (χ4n) is 2.99. The first kappa shape index (κ1) is 19.2. The van der Waals surface area contributed by atoms with Crippen LogP contribution < -0.4 is 5.32 Å². The highest BCUT2D eigenvalue weighted by molar-refractivity contribution is 5.89. The molecule has 0 unspecified atom stereocenters. The Balaban J connectivity index is 1.97. The van der Waals surface area contributed by atoms with Gasteiger partial charge in [-0.05, 0) is 37.7 Å². The van der Waals surface area contributed by atoms with E-state index in [0.29, 0.717) is 24.7 Å². The van der Waals surface area contributed by atoms with Crippen LogP contribution in [-0.2, 0) is 24.3 Å². The summed E-state index contributed by atoms with van der Waals surface area (Å²) < 4.78 is 3.91. The van der Waals surface area contributed by atoms with E-state index in [1.54, 1.807) is 6.20 Å². The standard InChI is InChI=1S/C19H31N5O/c1-13(2)11-23-16(6)17(15(5)22-23)7-8-19(25)21-18-9-10-20-24(18)12-14(3)4/h9-10,13-14H,7-8,11-12H2,1-6H3,(H,21,25). The van der Waals surface area contributed by atoms with Gasteiger partial charge in [0.25, 0.3) is 0 Å². The molecule has 0 bridgehead atoms. The van der Waals surface area contributed by atoms with E-state index in [4.69, 9.17) is 0 Å². The molecule has 6 nitrogen and oxygen atoms in total. The third-order valence-corrected chi connectivity index (χ3v) is 4.19. The quantitative estimate of drug-likeness (QED) is 0.795. The van der Waals surface area contributed by atoms with E-state index in [-0.39, 0.29) is 5.91 Å². The molecule has 2 rings (SSSR count). The maximum atomic E-state index is 12.3. The molecular weight excluding hydrogens is 314 g/mol. The Morgan fingerprint density at radius 3 is 2.40 bits per heavy atom. The van der Waals surface area contributed by atoms with Gasteiger partial charge in [-0.15, -0.1) is 0 Å². The Kier molecular flexibility index (Phi) is 6.39. The molecule has 1 N–H and O–H groups in total. The predicted octanol–water partition coefficient (Wildman–Crippen LogP) is 3.58. The number of hydrogen-bond acceptors (Lipinski definition) is 3. The second-order valence-corrected chi connectivity index (χ2v) is 7.57. The summed E-state index contributed by atoms with van der Waals surface area (Å²) in [6.45, 7) is 14.5. The molecule has 0 atom stereocenters. The summed E-state index contributed by atoms with van der Waals surface area (Å²) in [4.78, 5) is 12.3. The Hall–Kier alpha value is -2.11. The molecule has 0 aromatic carbocycles. The molecule has 25 heavy (non-hydrogen) atoms. The minimum absolute atomic E-state index is 0.0147. The zero-order chi connectivity index (χ0) is 18.6. The smallest absolute Gasteiger partial charge is 0.225 e. The summed E-state index contributed by atoms with van der Waals surface area (Å²) in [7, 11) is 0. The number of carbonyl (C=O) groups excluding carboxylic acids is 1. The molecule has 0 saturated heterocycles. The van der Waals surface area contributed by atoms with Crippen LogP contribution in [0.25, 0.3) is 0 Å². The predicted molar refractivity (Wildman–Crippen MR) is 101 cm³/mol. The van der Waals surface area contributed by atoms with Crippen LogP contribution in [0.2, 0.25) is 0 Å². The van der Waals surface area contributed by atoms with Gasteiger partial charge in [0.2, 0.25) is 5.91 Å². The number of amides is 1.